The first kappa shape index (κ1) is 6.36. The molecule has 0 spiro atoms. The molecule has 50 valence electrons. The Morgan fingerprint density at radius 3 is 3.11 bits per heavy atom. The second kappa shape index (κ2) is 3.30. The smallest absolute Gasteiger partial charge is 0.0516 e. The number of hydrogen-bond acceptors (Lipinski definition) is 1. The number of rotatable bonds is 3. The number of methoxy groups -OCH3 is 1. The van der Waals surface area contributed by atoms with Gasteiger partial charge in [-0.1, -0.05) is 0 Å². The van der Waals surface area contributed by atoms with Crippen molar-refractivity contribution in [2.24, 2.45) is 0 Å². The van der Waals surface area contributed by atoms with Crippen LogP contribution in [0.25, 0.3) is 0 Å². The quantitative estimate of drug-likeness (QED) is 0.645. The molecule has 0 aliphatic heterocycles. The Hall–Kier alpha value is -0.760. The second-order valence-electron chi connectivity index (χ2n) is 1.94. The van der Waals surface area contributed by atoms with E-state index in [1.807, 2.05) is 12.3 Å². The Labute approximate surface area is 54.8 Å². The van der Waals surface area contributed by atoms with Gasteiger partial charge in [-0.05, 0) is 12.1 Å². The molecule has 1 N–H and O–H groups in total. The van der Waals surface area contributed by atoms with Crippen LogP contribution in [0.5, 0.6) is 0 Å². The number of ether oxygens (including phenoxy) is 1. The minimum Gasteiger partial charge on any atom is -0.384 e. The number of nitrogens with one attached hydrogen (secondary N) is 1. The van der Waals surface area contributed by atoms with E-state index in [0.717, 1.165) is 13.0 Å². The lowest BCUT2D eigenvalue weighted by Crippen LogP contribution is -1.93. The average molecular weight is 125 g/mol. The third kappa shape index (κ3) is 1.90. The van der Waals surface area contributed by atoms with Gasteiger partial charge in [-0.25, -0.2) is 0 Å². The molecule has 0 atom stereocenters. The van der Waals surface area contributed by atoms with Gasteiger partial charge in [-0.3, -0.25) is 0 Å². The minimum atomic E-state index is 0.792. The Morgan fingerprint density at radius 1 is 1.67 bits per heavy atom. The average Bonchev–Trinajstić information content (AvgIpc) is 2.34. The highest BCUT2D eigenvalue weighted by atomic mass is 16.5. The third-order valence-electron chi connectivity index (χ3n) is 1.24. The summed E-state index contributed by atoms with van der Waals surface area (Å²) in [7, 11) is 1.71. The van der Waals surface area contributed by atoms with Crippen molar-refractivity contribution < 1.29 is 4.74 Å². The molecule has 0 aliphatic rings. The summed E-state index contributed by atoms with van der Waals surface area (Å²) < 4.78 is 4.90. The lowest BCUT2D eigenvalue weighted by atomic mass is 10.3. The number of aromatic nitrogens is 1. The maximum atomic E-state index is 4.90. The predicted molar refractivity (Wildman–Crippen MR) is 36.4 cm³/mol. The summed E-state index contributed by atoms with van der Waals surface area (Å²) in [5, 5.41) is 0. The normalized spacial score (nSPS) is 9.89. The van der Waals surface area contributed by atoms with E-state index in [2.05, 4.69) is 11.1 Å². The van der Waals surface area contributed by atoms with Crippen molar-refractivity contribution in [2.45, 2.75) is 6.42 Å². The van der Waals surface area contributed by atoms with E-state index in [0.29, 0.717) is 0 Å². The zero-order chi connectivity index (χ0) is 6.53. The van der Waals surface area contributed by atoms with Crippen molar-refractivity contribution in [1.29, 1.82) is 0 Å². The van der Waals surface area contributed by atoms with E-state index in [1.54, 1.807) is 7.11 Å². The van der Waals surface area contributed by atoms with E-state index in [-0.39, 0.29) is 0 Å². The molecule has 1 aromatic rings. The van der Waals surface area contributed by atoms with E-state index in [1.165, 1.54) is 5.69 Å². The molecule has 0 fully saturated rings. The molecular formula is C7H11NO. The first-order valence-electron chi connectivity index (χ1n) is 3.04. The van der Waals surface area contributed by atoms with Crippen LogP contribution >= 0.6 is 0 Å². The molecule has 1 aromatic heterocycles. The van der Waals surface area contributed by atoms with Crippen molar-refractivity contribution in [3.63, 3.8) is 0 Å². The summed E-state index contributed by atoms with van der Waals surface area (Å²) >= 11 is 0. The summed E-state index contributed by atoms with van der Waals surface area (Å²) in [5.41, 5.74) is 1.23. The number of hydrogen-bond donors (Lipinski definition) is 1. The lowest BCUT2D eigenvalue weighted by molar-refractivity contribution is 0.201. The summed E-state index contributed by atoms with van der Waals surface area (Å²) in [4.78, 5) is 3.09. The van der Waals surface area contributed by atoms with E-state index >= 15 is 0 Å². The molecular weight excluding hydrogens is 114 g/mol. The molecule has 1 heterocycles. The van der Waals surface area contributed by atoms with Crippen LogP contribution in [0.1, 0.15) is 5.69 Å². The minimum absolute atomic E-state index is 0.792. The fraction of sp³-hybridized carbons (Fsp3) is 0.429. The Bertz CT molecular complexity index is 146. The lowest BCUT2D eigenvalue weighted by Gasteiger charge is -1.93. The first-order valence-corrected chi connectivity index (χ1v) is 3.04. The van der Waals surface area contributed by atoms with Gasteiger partial charge in [-0.2, -0.15) is 0 Å². The topological polar surface area (TPSA) is 25.0 Å². The Morgan fingerprint density at radius 2 is 2.56 bits per heavy atom. The fourth-order valence-electron chi connectivity index (χ4n) is 0.735. The monoisotopic (exact) mass is 125 g/mol. The highest BCUT2D eigenvalue weighted by Crippen LogP contribution is 1.94. The molecule has 2 heteroatoms. The van der Waals surface area contributed by atoms with Crippen LogP contribution in [-0.4, -0.2) is 18.7 Å². The molecule has 0 bridgehead atoms. The fourth-order valence-corrected chi connectivity index (χ4v) is 0.735. The van der Waals surface area contributed by atoms with Crippen LogP contribution in [0.4, 0.5) is 0 Å². The van der Waals surface area contributed by atoms with Crippen LogP contribution < -0.4 is 0 Å². The maximum absolute atomic E-state index is 4.90. The van der Waals surface area contributed by atoms with Crippen LogP contribution in [-0.2, 0) is 11.2 Å². The number of H-pyrrole nitrogens is 1. The van der Waals surface area contributed by atoms with Crippen molar-refractivity contribution in [1.82, 2.24) is 4.98 Å². The zero-order valence-electron chi connectivity index (χ0n) is 5.55. The molecule has 0 aliphatic carbocycles. The summed E-state index contributed by atoms with van der Waals surface area (Å²) in [6, 6.07) is 4.05. The molecule has 9 heavy (non-hydrogen) atoms. The Balaban J connectivity index is 2.30. The highest BCUT2D eigenvalue weighted by Gasteiger charge is 1.88. The van der Waals surface area contributed by atoms with Gasteiger partial charge in [0, 0.05) is 25.4 Å². The molecule has 0 unspecified atom stereocenters. The van der Waals surface area contributed by atoms with Crippen LogP contribution in [0.3, 0.4) is 0 Å². The van der Waals surface area contributed by atoms with Crippen molar-refractivity contribution >= 4 is 0 Å². The van der Waals surface area contributed by atoms with Gasteiger partial charge in [0.1, 0.15) is 0 Å². The second-order valence-corrected chi connectivity index (χ2v) is 1.94. The van der Waals surface area contributed by atoms with Crippen LogP contribution in [0.2, 0.25) is 0 Å². The van der Waals surface area contributed by atoms with Gasteiger partial charge in [0.05, 0.1) is 6.61 Å². The van der Waals surface area contributed by atoms with E-state index in [9.17, 15) is 0 Å². The zero-order valence-corrected chi connectivity index (χ0v) is 5.55. The molecule has 0 amide bonds. The number of aromatic amines is 1. The van der Waals surface area contributed by atoms with Crippen LogP contribution in [0.15, 0.2) is 18.3 Å². The Kier molecular flexibility index (Phi) is 2.33. The summed E-state index contributed by atoms with van der Waals surface area (Å²) in [6.45, 7) is 0.792. The predicted octanol–water partition coefficient (Wildman–Crippen LogP) is 1.20. The summed E-state index contributed by atoms with van der Waals surface area (Å²) in [5.74, 6) is 0. The largest absolute Gasteiger partial charge is 0.384 e. The molecule has 0 saturated carbocycles. The molecule has 2 nitrogen and oxygen atoms in total. The van der Waals surface area contributed by atoms with Crippen molar-refractivity contribution in [2.75, 3.05) is 13.7 Å². The molecule has 1 rings (SSSR count). The molecule has 0 aromatic carbocycles. The summed E-state index contributed by atoms with van der Waals surface area (Å²) in [6.07, 6.45) is 2.90. The molecule has 0 radical (unpaired) electrons. The SMILES string of the molecule is COCCc1ccc[nH]1. The first-order chi connectivity index (χ1) is 4.43. The standard InChI is InChI=1S/C7H11NO/c1-9-6-4-7-3-2-5-8-7/h2-3,5,8H,4,6H2,1H3. The van der Waals surface area contributed by atoms with Gasteiger partial charge < -0.3 is 9.72 Å². The van der Waals surface area contributed by atoms with Crippen molar-refractivity contribution in [3.8, 4) is 0 Å². The molecule has 0 saturated heterocycles. The van der Waals surface area contributed by atoms with E-state index < -0.39 is 0 Å². The van der Waals surface area contributed by atoms with Gasteiger partial charge in [0.25, 0.3) is 0 Å². The van der Waals surface area contributed by atoms with Gasteiger partial charge in [0.2, 0.25) is 0 Å². The van der Waals surface area contributed by atoms with Crippen molar-refractivity contribution in [3.05, 3.63) is 24.0 Å². The maximum Gasteiger partial charge on any atom is 0.0516 e. The van der Waals surface area contributed by atoms with Gasteiger partial charge in [0.15, 0.2) is 0 Å². The third-order valence-corrected chi connectivity index (χ3v) is 1.24. The van der Waals surface area contributed by atoms with Gasteiger partial charge in [-0.15, -0.1) is 0 Å². The van der Waals surface area contributed by atoms with Gasteiger partial charge >= 0.3 is 0 Å². The van der Waals surface area contributed by atoms with Crippen LogP contribution in [0, 0.1) is 0 Å². The highest BCUT2D eigenvalue weighted by molar-refractivity contribution is 5.03. The van der Waals surface area contributed by atoms with E-state index in [4.69, 9.17) is 4.74 Å².